The van der Waals surface area contributed by atoms with Crippen molar-refractivity contribution in [1.29, 1.82) is 0 Å². The first-order valence-corrected chi connectivity index (χ1v) is 5.70. The fourth-order valence-electron chi connectivity index (χ4n) is 0.943. The van der Waals surface area contributed by atoms with Crippen LogP contribution in [0.15, 0.2) is 22.7 Å². The van der Waals surface area contributed by atoms with Gasteiger partial charge in [-0.25, -0.2) is 0 Å². The normalized spacial score (nSPS) is 15.5. The Labute approximate surface area is 99.8 Å². The number of halogens is 2. The largest absolute Gasteiger partial charge is 0.394 e. The Morgan fingerprint density at radius 3 is 2.69 bits per heavy atom. The standard InChI is InChI=1S/C9H11BrINO/c1-9(12,5-13)6-2-3-8(11)7(10)4-6/h2-4,13H,5,12H2,1H3/t9-/m1/s1. The van der Waals surface area contributed by atoms with E-state index in [0.717, 1.165) is 13.6 Å². The van der Waals surface area contributed by atoms with Crippen molar-refractivity contribution >= 4 is 38.5 Å². The molecular formula is C9H11BrINO. The topological polar surface area (TPSA) is 46.2 Å². The minimum Gasteiger partial charge on any atom is -0.394 e. The summed E-state index contributed by atoms with van der Waals surface area (Å²) in [5.41, 5.74) is 6.16. The third kappa shape index (κ3) is 2.65. The van der Waals surface area contributed by atoms with E-state index < -0.39 is 5.54 Å². The van der Waals surface area contributed by atoms with E-state index in [1.54, 1.807) is 0 Å². The van der Waals surface area contributed by atoms with Gasteiger partial charge >= 0.3 is 0 Å². The zero-order valence-electron chi connectivity index (χ0n) is 7.22. The summed E-state index contributed by atoms with van der Waals surface area (Å²) in [4.78, 5) is 0. The highest BCUT2D eigenvalue weighted by atomic mass is 127. The van der Waals surface area contributed by atoms with Crippen LogP contribution in [0.5, 0.6) is 0 Å². The highest BCUT2D eigenvalue weighted by Gasteiger charge is 2.20. The number of rotatable bonds is 2. The van der Waals surface area contributed by atoms with Gasteiger partial charge in [0.25, 0.3) is 0 Å². The molecule has 0 aliphatic rings. The van der Waals surface area contributed by atoms with Crippen LogP contribution in [0.1, 0.15) is 12.5 Å². The van der Waals surface area contributed by atoms with Crippen molar-refractivity contribution in [2.75, 3.05) is 6.61 Å². The van der Waals surface area contributed by atoms with Crippen LogP contribution in [0.2, 0.25) is 0 Å². The summed E-state index contributed by atoms with van der Waals surface area (Å²) >= 11 is 5.65. The van der Waals surface area contributed by atoms with E-state index in [4.69, 9.17) is 10.8 Å². The van der Waals surface area contributed by atoms with Gasteiger partial charge in [-0.15, -0.1) is 0 Å². The molecule has 1 aromatic rings. The Kier molecular flexibility index (Phi) is 3.73. The average Bonchev–Trinajstić information content (AvgIpc) is 2.09. The maximum Gasteiger partial charge on any atom is 0.0650 e. The zero-order valence-corrected chi connectivity index (χ0v) is 11.0. The Morgan fingerprint density at radius 2 is 2.23 bits per heavy atom. The second kappa shape index (κ2) is 4.25. The van der Waals surface area contributed by atoms with Gasteiger partial charge in [-0.1, -0.05) is 6.07 Å². The molecule has 72 valence electrons. The van der Waals surface area contributed by atoms with Crippen LogP contribution in [0.3, 0.4) is 0 Å². The molecule has 3 N–H and O–H groups in total. The van der Waals surface area contributed by atoms with Crippen LogP contribution in [0, 0.1) is 3.57 Å². The molecule has 0 radical (unpaired) electrons. The summed E-state index contributed by atoms with van der Waals surface area (Å²) in [5, 5.41) is 9.07. The first kappa shape index (κ1) is 11.4. The second-order valence-corrected chi connectivity index (χ2v) is 5.22. The predicted octanol–water partition coefficient (Wildman–Crippen LogP) is 2.22. The Bertz CT molecular complexity index is 314. The molecule has 0 saturated carbocycles. The average molecular weight is 356 g/mol. The van der Waals surface area contributed by atoms with E-state index in [0.29, 0.717) is 0 Å². The van der Waals surface area contributed by atoms with Gasteiger partial charge in [0.1, 0.15) is 0 Å². The second-order valence-electron chi connectivity index (χ2n) is 3.20. The highest BCUT2D eigenvalue weighted by Crippen LogP contribution is 2.25. The molecule has 0 amide bonds. The lowest BCUT2D eigenvalue weighted by atomic mass is 9.94. The third-order valence-electron chi connectivity index (χ3n) is 1.91. The van der Waals surface area contributed by atoms with Gasteiger partial charge in [0, 0.05) is 8.04 Å². The van der Waals surface area contributed by atoms with E-state index in [1.165, 1.54) is 0 Å². The van der Waals surface area contributed by atoms with Crippen molar-refractivity contribution in [1.82, 2.24) is 0 Å². The Balaban J connectivity index is 3.10. The smallest absolute Gasteiger partial charge is 0.0650 e. The molecule has 0 aliphatic carbocycles. The van der Waals surface area contributed by atoms with Crippen LogP contribution in [0.25, 0.3) is 0 Å². The SMILES string of the molecule is C[C@@](N)(CO)c1ccc(I)c(Br)c1. The van der Waals surface area contributed by atoms with E-state index in [9.17, 15) is 0 Å². The molecule has 1 atom stereocenters. The monoisotopic (exact) mass is 355 g/mol. The number of aliphatic hydroxyl groups excluding tert-OH is 1. The maximum atomic E-state index is 9.07. The van der Waals surface area contributed by atoms with Crippen molar-refractivity contribution in [2.24, 2.45) is 5.73 Å². The molecule has 0 fully saturated rings. The fraction of sp³-hybridized carbons (Fsp3) is 0.333. The fourth-order valence-corrected chi connectivity index (χ4v) is 1.66. The molecule has 0 bridgehead atoms. The first-order chi connectivity index (χ1) is 5.97. The number of aliphatic hydroxyl groups is 1. The lowest BCUT2D eigenvalue weighted by Crippen LogP contribution is -2.36. The van der Waals surface area contributed by atoms with Gasteiger partial charge in [-0.05, 0) is 63.1 Å². The molecule has 0 saturated heterocycles. The highest BCUT2D eigenvalue weighted by molar-refractivity contribution is 14.1. The maximum absolute atomic E-state index is 9.07. The minimum atomic E-state index is -0.660. The van der Waals surface area contributed by atoms with E-state index >= 15 is 0 Å². The molecular weight excluding hydrogens is 345 g/mol. The van der Waals surface area contributed by atoms with Crippen LogP contribution in [-0.2, 0) is 5.54 Å². The van der Waals surface area contributed by atoms with Crippen LogP contribution in [-0.4, -0.2) is 11.7 Å². The van der Waals surface area contributed by atoms with Crippen molar-refractivity contribution in [3.8, 4) is 0 Å². The molecule has 0 aliphatic heterocycles. The van der Waals surface area contributed by atoms with Gasteiger partial charge in [0.05, 0.1) is 12.1 Å². The minimum absolute atomic E-state index is 0.0555. The van der Waals surface area contributed by atoms with E-state index in [-0.39, 0.29) is 6.61 Å². The summed E-state index contributed by atoms with van der Waals surface area (Å²) in [6, 6.07) is 5.85. The lowest BCUT2D eigenvalue weighted by molar-refractivity contribution is 0.210. The van der Waals surface area contributed by atoms with Crippen molar-refractivity contribution in [3.05, 3.63) is 31.8 Å². The molecule has 0 spiro atoms. The Morgan fingerprint density at radius 1 is 1.62 bits per heavy atom. The molecule has 0 aromatic heterocycles. The van der Waals surface area contributed by atoms with Gasteiger partial charge in [0.2, 0.25) is 0 Å². The molecule has 4 heteroatoms. The third-order valence-corrected chi connectivity index (χ3v) is 4.25. The summed E-state index contributed by atoms with van der Waals surface area (Å²) < 4.78 is 2.14. The van der Waals surface area contributed by atoms with Gasteiger partial charge in [-0.2, -0.15) is 0 Å². The zero-order chi connectivity index (χ0) is 10.1. The number of hydrogen-bond donors (Lipinski definition) is 2. The lowest BCUT2D eigenvalue weighted by Gasteiger charge is -2.22. The number of hydrogen-bond acceptors (Lipinski definition) is 2. The molecule has 0 unspecified atom stereocenters. The number of benzene rings is 1. The quantitative estimate of drug-likeness (QED) is 0.799. The van der Waals surface area contributed by atoms with E-state index in [1.807, 2.05) is 25.1 Å². The molecule has 13 heavy (non-hydrogen) atoms. The van der Waals surface area contributed by atoms with Gasteiger partial charge in [0.15, 0.2) is 0 Å². The number of nitrogens with two attached hydrogens (primary N) is 1. The Hall–Kier alpha value is 0.350. The van der Waals surface area contributed by atoms with Gasteiger partial charge < -0.3 is 10.8 Å². The summed E-state index contributed by atoms with van der Waals surface area (Å²) in [6.45, 7) is 1.75. The van der Waals surface area contributed by atoms with Crippen molar-refractivity contribution in [2.45, 2.75) is 12.5 Å². The predicted molar refractivity (Wildman–Crippen MR) is 65.5 cm³/mol. The van der Waals surface area contributed by atoms with Crippen LogP contribution in [0.4, 0.5) is 0 Å². The molecule has 0 heterocycles. The summed E-state index contributed by atoms with van der Waals surface area (Å²) in [6.07, 6.45) is 0. The first-order valence-electron chi connectivity index (χ1n) is 3.82. The molecule has 2 nitrogen and oxygen atoms in total. The summed E-state index contributed by atoms with van der Waals surface area (Å²) in [7, 11) is 0. The molecule has 1 rings (SSSR count). The van der Waals surface area contributed by atoms with Gasteiger partial charge in [-0.3, -0.25) is 0 Å². The van der Waals surface area contributed by atoms with Crippen LogP contribution < -0.4 is 5.73 Å². The summed E-state index contributed by atoms with van der Waals surface area (Å²) in [5.74, 6) is 0. The molecule has 1 aromatic carbocycles. The van der Waals surface area contributed by atoms with Crippen molar-refractivity contribution in [3.63, 3.8) is 0 Å². The van der Waals surface area contributed by atoms with E-state index in [2.05, 4.69) is 38.5 Å². The van der Waals surface area contributed by atoms with Crippen molar-refractivity contribution < 1.29 is 5.11 Å². The van der Waals surface area contributed by atoms with Crippen LogP contribution >= 0.6 is 38.5 Å².